The van der Waals surface area contributed by atoms with Gasteiger partial charge in [-0.05, 0) is 75.6 Å². The van der Waals surface area contributed by atoms with Gasteiger partial charge in [0.1, 0.15) is 36.7 Å². The van der Waals surface area contributed by atoms with Crippen molar-refractivity contribution in [2.24, 2.45) is 0 Å². The number of ether oxygens (including phenoxy) is 3. The number of nitriles is 1. The number of Topliss-reactive ketones (excluding diaryl/α,β-unsaturated/α-hetero) is 1. The largest absolute Gasteiger partial charge is 0.497 e. The van der Waals surface area contributed by atoms with Gasteiger partial charge in [0.2, 0.25) is 0 Å². The van der Waals surface area contributed by atoms with Crippen LogP contribution < -0.4 is 15.4 Å². The van der Waals surface area contributed by atoms with Crippen LogP contribution in [0.2, 0.25) is 0 Å². The molecule has 68 heavy (non-hydrogen) atoms. The number of fused-ring (bicyclic) bond motifs is 1. The molecule has 2 N–H and O–H groups in total. The molecule has 2 aromatic heterocycles. The molecule has 4 aromatic carbocycles. The topological polar surface area (TPSA) is 192 Å². The van der Waals surface area contributed by atoms with Crippen LogP contribution in [0.5, 0.6) is 5.75 Å². The summed E-state index contributed by atoms with van der Waals surface area (Å²) in [5.74, 6) is -0.237. The fraction of sp³-hybridized carbons (Fsp3) is 0.353. The van der Waals surface area contributed by atoms with E-state index in [1.807, 2.05) is 66.7 Å². The maximum absolute atomic E-state index is 13.5. The van der Waals surface area contributed by atoms with E-state index < -0.39 is 44.5 Å². The van der Waals surface area contributed by atoms with Gasteiger partial charge in [-0.3, -0.25) is 19.5 Å². The van der Waals surface area contributed by atoms with Gasteiger partial charge >= 0.3 is 5.97 Å². The van der Waals surface area contributed by atoms with Crippen molar-refractivity contribution < 1.29 is 37.6 Å². The molecule has 1 unspecified atom stereocenters. The Bertz CT molecular complexity index is 2600. The average Bonchev–Trinajstić information content (AvgIpc) is 3.93. The normalized spacial score (nSPS) is 17.6. The quantitative estimate of drug-likeness (QED) is 0.0285. The van der Waals surface area contributed by atoms with Gasteiger partial charge in [0.05, 0.1) is 50.5 Å². The Hall–Kier alpha value is -6.44. The van der Waals surface area contributed by atoms with E-state index in [1.54, 1.807) is 42.3 Å². The third-order valence-corrected chi connectivity index (χ3v) is 13.7. The van der Waals surface area contributed by atoms with Gasteiger partial charge in [-0.2, -0.15) is 5.26 Å². The van der Waals surface area contributed by atoms with E-state index in [-0.39, 0.29) is 62.1 Å². The van der Waals surface area contributed by atoms with Crippen LogP contribution in [0.1, 0.15) is 87.2 Å². The lowest BCUT2D eigenvalue weighted by molar-refractivity contribution is -0.150. The molecule has 1 fully saturated rings. The molecule has 0 saturated carbocycles. The molecule has 1 saturated heterocycles. The number of nitrogens with zero attached hydrogens (tertiary/aromatic N) is 6. The predicted molar refractivity (Wildman–Crippen MR) is 257 cm³/mol. The molecule has 354 valence electrons. The van der Waals surface area contributed by atoms with E-state index in [0.717, 1.165) is 16.7 Å². The summed E-state index contributed by atoms with van der Waals surface area (Å²) < 4.78 is 36.5. The number of esters is 1. The number of hydrogen-bond donors (Lipinski definition) is 2. The second-order valence-electron chi connectivity index (χ2n) is 16.8. The van der Waals surface area contributed by atoms with E-state index in [2.05, 4.69) is 78.3 Å². The monoisotopic (exact) mass is 940 g/mol. The van der Waals surface area contributed by atoms with Crippen LogP contribution in [0.25, 0.3) is 11.2 Å². The van der Waals surface area contributed by atoms with Crippen molar-refractivity contribution in [2.75, 3.05) is 25.6 Å². The van der Waals surface area contributed by atoms with Crippen LogP contribution in [-0.2, 0) is 33.6 Å². The van der Waals surface area contributed by atoms with Crippen molar-refractivity contribution in [1.82, 2.24) is 29.5 Å². The number of imidazole rings is 1. The minimum atomic E-state index is -1.92. The molecule has 0 spiro atoms. The van der Waals surface area contributed by atoms with E-state index in [1.165, 1.54) is 13.3 Å². The maximum atomic E-state index is 13.5. The van der Waals surface area contributed by atoms with Crippen LogP contribution in [0.15, 0.2) is 128 Å². The third kappa shape index (κ3) is 11.3. The summed E-state index contributed by atoms with van der Waals surface area (Å²) in [6.45, 7) is 9.47. The first-order valence-electron chi connectivity index (χ1n) is 22.6. The molecule has 1 amide bonds. The highest BCUT2D eigenvalue weighted by molar-refractivity contribution is 7.44. The zero-order chi connectivity index (χ0) is 48.2. The number of methoxy groups -OCH3 is 1. The lowest BCUT2D eigenvalue weighted by Crippen LogP contribution is -2.56. The van der Waals surface area contributed by atoms with Crippen molar-refractivity contribution in [3.63, 3.8) is 0 Å². The zero-order valence-corrected chi connectivity index (χ0v) is 39.9. The van der Waals surface area contributed by atoms with Crippen LogP contribution in [0.4, 0.5) is 5.82 Å². The number of nitrogens with one attached hydrogen (secondary N) is 2. The first kappa shape index (κ1) is 49.5. The third-order valence-electron chi connectivity index (χ3n) is 11.5. The Morgan fingerprint density at radius 2 is 1.47 bits per heavy atom. The molecule has 0 bridgehead atoms. The standard InChI is InChI=1S/C51H57N8O8P/c1-34(2)59(35(3)4)68(65-30-16-29-52)67-46-42(31-64-43(61)28-23-36(5)60)66-50(58-33-55-45-47(53-32-54-48(45)58)56-49(62)37-17-10-7-11-18-37)44(46)57-51(38-19-12-8-13-20-38,39-21-14-9-15-22-39)40-24-26-41(63-6)27-25-40/h7-15,17-22,24-27,32-35,42,44,46,50,57H,16,23,28,30-31H2,1-6H3,(H,53,54,56,62)/t42-,44-,46-,50-,68?/m1/s1. The molecule has 17 heteroatoms. The highest BCUT2D eigenvalue weighted by Crippen LogP contribution is 2.51. The van der Waals surface area contributed by atoms with Crippen LogP contribution >= 0.6 is 8.53 Å². The molecule has 0 radical (unpaired) electrons. The summed E-state index contributed by atoms with van der Waals surface area (Å²) in [6.07, 6.45) is 0.0667. The van der Waals surface area contributed by atoms with Gasteiger partial charge < -0.3 is 33.4 Å². The summed E-state index contributed by atoms with van der Waals surface area (Å²) in [5.41, 5.74) is 2.57. The minimum absolute atomic E-state index is 0.0231. The Morgan fingerprint density at radius 1 is 0.853 bits per heavy atom. The summed E-state index contributed by atoms with van der Waals surface area (Å²) in [7, 11) is -0.296. The Kier molecular flexibility index (Phi) is 16.8. The second kappa shape index (κ2) is 23.0. The first-order chi connectivity index (χ1) is 32.9. The number of hydrogen-bond acceptors (Lipinski definition) is 14. The molecule has 7 rings (SSSR count). The molecular weight excluding hydrogens is 884 g/mol. The Morgan fingerprint density at radius 3 is 2.06 bits per heavy atom. The smallest absolute Gasteiger partial charge is 0.306 e. The van der Waals surface area contributed by atoms with Crippen molar-refractivity contribution >= 4 is 43.2 Å². The SMILES string of the molecule is COc1ccc(C(N[C@@H]2[C@H](OP(OCCC#N)N(C(C)C)C(C)C)[C@@H](COC(=O)CCC(C)=O)O[C@H]2n2cnc3c(NC(=O)c4ccccc4)ncnc32)(c2ccccc2)c2ccccc2)cc1. The number of rotatable bonds is 22. The number of aromatic nitrogens is 4. The molecule has 1 aliphatic heterocycles. The van der Waals surface area contributed by atoms with Gasteiger partial charge in [-0.25, -0.2) is 19.6 Å². The Balaban J connectivity index is 1.44. The van der Waals surface area contributed by atoms with Gasteiger partial charge in [0.15, 0.2) is 23.2 Å². The highest BCUT2D eigenvalue weighted by Gasteiger charge is 2.53. The summed E-state index contributed by atoms with van der Waals surface area (Å²) in [4.78, 5) is 52.6. The molecule has 6 aromatic rings. The molecule has 3 heterocycles. The van der Waals surface area contributed by atoms with E-state index >= 15 is 0 Å². The Labute approximate surface area is 397 Å². The number of amides is 1. The predicted octanol–water partition coefficient (Wildman–Crippen LogP) is 8.51. The van der Waals surface area contributed by atoms with Crippen molar-refractivity contribution in [2.45, 2.75) is 96.0 Å². The molecular formula is C51H57N8O8P. The van der Waals surface area contributed by atoms with Crippen LogP contribution in [0, 0.1) is 11.3 Å². The minimum Gasteiger partial charge on any atom is -0.497 e. The number of ketones is 1. The lowest BCUT2D eigenvalue weighted by atomic mass is 9.76. The van der Waals surface area contributed by atoms with Gasteiger partial charge in [-0.15, -0.1) is 0 Å². The number of benzene rings is 4. The first-order valence-corrected chi connectivity index (χ1v) is 23.7. The van der Waals surface area contributed by atoms with Gasteiger partial charge in [0, 0.05) is 24.1 Å². The fourth-order valence-corrected chi connectivity index (χ4v) is 10.2. The van der Waals surface area contributed by atoms with Gasteiger partial charge in [0.25, 0.3) is 14.4 Å². The number of carbonyl (C=O) groups excluding carboxylic acids is 3. The number of anilines is 1. The average molecular weight is 941 g/mol. The van der Waals surface area contributed by atoms with Crippen molar-refractivity contribution in [3.05, 3.63) is 150 Å². The molecule has 16 nitrogen and oxygen atoms in total. The maximum Gasteiger partial charge on any atom is 0.306 e. The fourth-order valence-electron chi connectivity index (χ4n) is 8.43. The molecule has 1 aliphatic rings. The lowest BCUT2D eigenvalue weighted by Gasteiger charge is -2.43. The molecule has 0 aliphatic carbocycles. The highest BCUT2D eigenvalue weighted by atomic mass is 31.2. The summed E-state index contributed by atoms with van der Waals surface area (Å²) in [5, 5.41) is 16.6. The van der Waals surface area contributed by atoms with E-state index in [4.69, 9.17) is 33.2 Å². The van der Waals surface area contributed by atoms with Gasteiger partial charge in [-0.1, -0.05) is 91.0 Å². The van der Waals surface area contributed by atoms with Crippen LogP contribution in [0.3, 0.4) is 0 Å². The van der Waals surface area contributed by atoms with Crippen molar-refractivity contribution in [1.29, 1.82) is 5.26 Å². The van der Waals surface area contributed by atoms with E-state index in [0.29, 0.717) is 22.5 Å². The van der Waals surface area contributed by atoms with Crippen molar-refractivity contribution in [3.8, 4) is 11.8 Å². The number of carbonyl (C=O) groups is 3. The second-order valence-corrected chi connectivity index (χ2v) is 18.2. The summed E-state index contributed by atoms with van der Waals surface area (Å²) >= 11 is 0. The molecule has 5 atom stereocenters. The summed E-state index contributed by atoms with van der Waals surface area (Å²) in [6, 6.07) is 37.9. The van der Waals surface area contributed by atoms with E-state index in [9.17, 15) is 19.6 Å². The van der Waals surface area contributed by atoms with Crippen LogP contribution in [-0.4, -0.2) is 92.5 Å². The zero-order valence-electron chi connectivity index (χ0n) is 39.0.